The Bertz CT molecular complexity index is 1330. The van der Waals surface area contributed by atoms with Crippen molar-refractivity contribution < 1.29 is 21.6 Å². The quantitative estimate of drug-likeness (QED) is 0.371. The summed E-state index contributed by atoms with van der Waals surface area (Å²) in [6, 6.07) is 24.4. The molecule has 3 rings (SSSR count). The van der Waals surface area contributed by atoms with Crippen LogP contribution in [0, 0.1) is 5.92 Å². The van der Waals surface area contributed by atoms with Gasteiger partial charge in [-0.05, 0) is 49.6 Å². The Labute approximate surface area is 213 Å². The molecule has 36 heavy (non-hydrogen) atoms. The minimum Gasteiger partial charge on any atom is -0.350 e. The van der Waals surface area contributed by atoms with E-state index >= 15 is 0 Å². The number of nitrogens with one attached hydrogen (secondary N) is 1. The van der Waals surface area contributed by atoms with Gasteiger partial charge in [0.05, 0.1) is 15.8 Å². The van der Waals surface area contributed by atoms with Crippen LogP contribution >= 0.6 is 0 Å². The van der Waals surface area contributed by atoms with E-state index in [1.807, 2.05) is 37.3 Å². The lowest BCUT2D eigenvalue weighted by atomic mass is 10.0. The Balaban J connectivity index is 1.90. The van der Waals surface area contributed by atoms with E-state index in [0.717, 1.165) is 5.56 Å². The van der Waals surface area contributed by atoms with Crippen LogP contribution in [-0.2, 0) is 24.5 Å². The minimum atomic E-state index is -4.36. The van der Waals surface area contributed by atoms with Gasteiger partial charge in [0, 0.05) is 6.42 Å². The molecule has 0 unspecified atom stereocenters. The molecule has 3 aromatic rings. The number of rotatable bonds is 10. The molecule has 2 atom stereocenters. The first-order valence-electron chi connectivity index (χ1n) is 11.6. The van der Waals surface area contributed by atoms with Gasteiger partial charge in [-0.1, -0.05) is 85.8 Å². The smallest absolute Gasteiger partial charge is 0.221 e. The largest absolute Gasteiger partial charge is 0.350 e. The van der Waals surface area contributed by atoms with Gasteiger partial charge in [-0.15, -0.1) is 0 Å². The van der Waals surface area contributed by atoms with Gasteiger partial charge in [-0.25, -0.2) is 16.8 Å². The highest BCUT2D eigenvalue weighted by Crippen LogP contribution is 2.37. The number of sulfone groups is 2. The van der Waals surface area contributed by atoms with Crippen LogP contribution in [0.25, 0.3) is 0 Å². The number of benzene rings is 3. The molecule has 6 nitrogen and oxygen atoms in total. The molecule has 0 aromatic heterocycles. The third-order valence-electron chi connectivity index (χ3n) is 6.09. The van der Waals surface area contributed by atoms with Crippen molar-refractivity contribution in [3.05, 3.63) is 109 Å². The predicted octanol–water partition coefficient (Wildman–Crippen LogP) is 5.11. The Morgan fingerprint density at radius 2 is 1.19 bits per heavy atom. The molecule has 3 aromatic carbocycles. The van der Waals surface area contributed by atoms with E-state index in [1.165, 1.54) is 43.3 Å². The van der Waals surface area contributed by atoms with Gasteiger partial charge in [-0.3, -0.25) is 4.79 Å². The van der Waals surface area contributed by atoms with Crippen LogP contribution in [0.3, 0.4) is 0 Å². The summed E-state index contributed by atoms with van der Waals surface area (Å²) in [5.74, 6) is -0.633. The number of carbonyl (C=O) groups excluding carboxylic acids is 1. The van der Waals surface area contributed by atoms with E-state index in [4.69, 9.17) is 0 Å². The molecule has 1 amide bonds. The van der Waals surface area contributed by atoms with Crippen LogP contribution in [0.2, 0.25) is 0 Å². The molecular formula is C28H31NO5S2. The zero-order valence-corrected chi connectivity index (χ0v) is 22.2. The zero-order valence-electron chi connectivity index (χ0n) is 20.5. The standard InChI is InChI=1S/C28H31NO5S2/c1-22(21-27(30)29-23(2)24-13-7-4-8-14-24)19-20-28(3,35(31,32)25-15-9-5-10-16-25)36(33,34)26-17-11-6-12-18-26/h4-20,22-23H,21H2,1-3H3,(H,29,30)/b20-19+/t22-,23+/m1/s1. The van der Waals surface area contributed by atoms with Crippen molar-refractivity contribution in [2.45, 2.75) is 47.1 Å². The van der Waals surface area contributed by atoms with E-state index in [-0.39, 0.29) is 28.2 Å². The van der Waals surface area contributed by atoms with Crippen LogP contribution in [-0.4, -0.2) is 26.8 Å². The summed E-state index contributed by atoms with van der Waals surface area (Å²) in [4.78, 5) is 12.4. The van der Waals surface area contributed by atoms with E-state index in [2.05, 4.69) is 5.32 Å². The van der Waals surface area contributed by atoms with Gasteiger partial charge in [-0.2, -0.15) is 0 Å². The maximum absolute atomic E-state index is 13.7. The van der Waals surface area contributed by atoms with Gasteiger partial charge in [0.2, 0.25) is 25.6 Å². The van der Waals surface area contributed by atoms with E-state index in [9.17, 15) is 21.6 Å². The van der Waals surface area contributed by atoms with Gasteiger partial charge in [0.25, 0.3) is 0 Å². The Morgan fingerprint density at radius 3 is 1.64 bits per heavy atom. The van der Waals surface area contributed by atoms with Crippen molar-refractivity contribution in [2.24, 2.45) is 5.92 Å². The normalized spacial score (nSPS) is 14.3. The fourth-order valence-electron chi connectivity index (χ4n) is 3.82. The molecule has 0 radical (unpaired) electrons. The average Bonchev–Trinajstić information content (AvgIpc) is 2.88. The fraction of sp³-hybridized carbons (Fsp3) is 0.250. The minimum absolute atomic E-state index is 0.0700. The molecule has 8 heteroatoms. The van der Waals surface area contributed by atoms with Crippen molar-refractivity contribution in [3.63, 3.8) is 0 Å². The molecule has 0 aliphatic carbocycles. The van der Waals surface area contributed by atoms with Crippen molar-refractivity contribution in [1.29, 1.82) is 0 Å². The number of amides is 1. The fourth-order valence-corrected chi connectivity index (χ4v) is 8.03. The molecule has 0 fully saturated rings. The highest BCUT2D eigenvalue weighted by Gasteiger charge is 2.50. The summed E-state index contributed by atoms with van der Waals surface area (Å²) in [5.41, 5.74) is 0.963. The summed E-state index contributed by atoms with van der Waals surface area (Å²) in [6.45, 7) is 4.82. The number of hydrogen-bond acceptors (Lipinski definition) is 5. The summed E-state index contributed by atoms with van der Waals surface area (Å²) in [5, 5.41) is 2.93. The Morgan fingerprint density at radius 1 is 0.778 bits per heavy atom. The summed E-state index contributed by atoms with van der Waals surface area (Å²) >= 11 is 0. The third-order valence-corrected chi connectivity index (χ3v) is 11.6. The topological polar surface area (TPSA) is 97.4 Å². The molecule has 0 heterocycles. The van der Waals surface area contributed by atoms with Crippen LogP contribution in [0.15, 0.2) is 113 Å². The van der Waals surface area contributed by atoms with Crippen LogP contribution in [0.1, 0.15) is 38.8 Å². The molecule has 0 aliphatic heterocycles. The summed E-state index contributed by atoms with van der Waals surface area (Å²) in [7, 11) is -8.72. The lowest BCUT2D eigenvalue weighted by Crippen LogP contribution is -2.42. The van der Waals surface area contributed by atoms with Gasteiger partial charge >= 0.3 is 0 Å². The van der Waals surface area contributed by atoms with Crippen molar-refractivity contribution in [2.75, 3.05) is 0 Å². The van der Waals surface area contributed by atoms with Crippen LogP contribution in [0.5, 0.6) is 0 Å². The van der Waals surface area contributed by atoms with E-state index in [0.29, 0.717) is 0 Å². The molecule has 0 saturated heterocycles. The van der Waals surface area contributed by atoms with Crippen LogP contribution < -0.4 is 5.32 Å². The molecule has 1 N–H and O–H groups in total. The van der Waals surface area contributed by atoms with E-state index < -0.39 is 29.7 Å². The molecule has 0 aliphatic rings. The van der Waals surface area contributed by atoms with Crippen molar-refractivity contribution in [1.82, 2.24) is 5.32 Å². The maximum Gasteiger partial charge on any atom is 0.221 e. The monoisotopic (exact) mass is 525 g/mol. The molecule has 190 valence electrons. The van der Waals surface area contributed by atoms with Crippen molar-refractivity contribution in [3.8, 4) is 0 Å². The number of carbonyl (C=O) groups is 1. The second-order valence-electron chi connectivity index (χ2n) is 8.89. The Kier molecular flexibility index (Phi) is 8.53. The first kappa shape index (κ1) is 27.4. The summed E-state index contributed by atoms with van der Waals surface area (Å²) < 4.78 is 52.5. The average molecular weight is 526 g/mol. The second kappa shape index (κ2) is 11.2. The lowest BCUT2D eigenvalue weighted by molar-refractivity contribution is -0.122. The molecule has 0 bridgehead atoms. The van der Waals surface area contributed by atoms with Gasteiger partial charge in [0.1, 0.15) is 0 Å². The predicted molar refractivity (Wildman–Crippen MR) is 142 cm³/mol. The highest BCUT2D eigenvalue weighted by atomic mass is 32.3. The van der Waals surface area contributed by atoms with Gasteiger partial charge in [0.15, 0.2) is 4.08 Å². The maximum atomic E-state index is 13.7. The molecule has 0 saturated carbocycles. The zero-order chi connectivity index (χ0) is 26.4. The third kappa shape index (κ3) is 5.77. The SMILES string of the molecule is C[C@H](/C=C/C(C)(S(=O)(=O)c1ccccc1)S(=O)(=O)c1ccccc1)CC(=O)N[C@@H](C)c1ccccc1. The first-order valence-corrected chi connectivity index (χ1v) is 14.6. The lowest BCUT2D eigenvalue weighted by Gasteiger charge is -2.27. The van der Waals surface area contributed by atoms with Crippen LogP contribution in [0.4, 0.5) is 0 Å². The number of hydrogen-bond donors (Lipinski definition) is 1. The van der Waals surface area contributed by atoms with E-state index in [1.54, 1.807) is 43.3 Å². The van der Waals surface area contributed by atoms with Gasteiger partial charge < -0.3 is 5.32 Å². The summed E-state index contributed by atoms with van der Waals surface area (Å²) in [6.07, 6.45) is 2.77. The molecule has 0 spiro atoms. The van der Waals surface area contributed by atoms with Crippen molar-refractivity contribution >= 4 is 25.6 Å². The second-order valence-corrected chi connectivity index (χ2v) is 13.8. The first-order chi connectivity index (χ1) is 17.0. The Hall–Kier alpha value is -3.23. The highest BCUT2D eigenvalue weighted by molar-refractivity contribution is 8.10. The molecular weight excluding hydrogens is 494 g/mol. The number of allylic oxidation sites excluding steroid dienone is 1.